The summed E-state index contributed by atoms with van der Waals surface area (Å²) in [5, 5.41) is 9.38. The van der Waals surface area contributed by atoms with Crippen LogP contribution in [-0.2, 0) is 27.9 Å². The Hall–Kier alpha value is -1.82. The van der Waals surface area contributed by atoms with Gasteiger partial charge in [0.15, 0.2) is 0 Å². The molecule has 2 aromatic rings. The van der Waals surface area contributed by atoms with Crippen molar-refractivity contribution in [3.63, 3.8) is 0 Å². The average Bonchev–Trinajstić information content (AvgIpc) is 3.04. The molecule has 25 heavy (non-hydrogen) atoms. The molecule has 138 valence electrons. The molecule has 0 spiro atoms. The van der Waals surface area contributed by atoms with Crippen LogP contribution in [0, 0.1) is 0 Å². The molecule has 13 heteroatoms. The number of phosphoric ester groups is 1. The van der Waals surface area contributed by atoms with Gasteiger partial charge in [-0.1, -0.05) is 0 Å². The molecule has 2 aromatic heterocycles. The van der Waals surface area contributed by atoms with E-state index in [1.165, 1.54) is 27.1 Å². The van der Waals surface area contributed by atoms with Crippen LogP contribution in [0.15, 0.2) is 15.9 Å². The van der Waals surface area contributed by atoms with Crippen molar-refractivity contribution in [2.45, 2.75) is 24.9 Å². The van der Waals surface area contributed by atoms with E-state index in [1.54, 1.807) is 7.05 Å². The van der Waals surface area contributed by atoms with Crippen molar-refractivity contribution >= 4 is 19.0 Å². The van der Waals surface area contributed by atoms with Gasteiger partial charge in [0.25, 0.3) is 11.2 Å². The van der Waals surface area contributed by atoms with Gasteiger partial charge in [-0.15, -0.1) is 0 Å². The Morgan fingerprint density at radius 1 is 1.48 bits per heavy atom. The van der Waals surface area contributed by atoms with Crippen LogP contribution in [-0.4, -0.2) is 47.8 Å². The summed E-state index contributed by atoms with van der Waals surface area (Å²) in [5.41, 5.74) is -0.684. The maximum Gasteiger partial charge on any atom is 0.469 e. The van der Waals surface area contributed by atoms with E-state index in [-0.39, 0.29) is 17.6 Å². The number of aliphatic hydroxyl groups excluding tert-OH is 1. The van der Waals surface area contributed by atoms with Gasteiger partial charge < -0.3 is 19.6 Å². The van der Waals surface area contributed by atoms with E-state index in [4.69, 9.17) is 14.5 Å². The molecule has 0 aliphatic carbocycles. The van der Waals surface area contributed by atoms with Crippen LogP contribution in [0.4, 0.5) is 0 Å². The van der Waals surface area contributed by atoms with E-state index in [0.717, 1.165) is 0 Å². The van der Waals surface area contributed by atoms with Crippen LogP contribution >= 0.6 is 7.82 Å². The van der Waals surface area contributed by atoms with Crippen molar-refractivity contribution in [3.05, 3.63) is 27.2 Å². The SMILES string of the molecule is Cn1c(=O)[nH]c(=O)c2c1n([C@H]1C[C@H](OP(=O)(O)O)[C@@H](CO)O1)c[n+]2C. The van der Waals surface area contributed by atoms with Crippen molar-refractivity contribution in [2.24, 2.45) is 14.1 Å². The zero-order chi connectivity index (χ0) is 18.5. The summed E-state index contributed by atoms with van der Waals surface area (Å²) in [5.74, 6) is 0. The second kappa shape index (κ2) is 6.16. The minimum absolute atomic E-state index is 0.0150. The molecule has 0 amide bonds. The Labute approximate surface area is 140 Å². The molecule has 1 fully saturated rings. The van der Waals surface area contributed by atoms with Gasteiger partial charge in [-0.25, -0.2) is 13.9 Å². The summed E-state index contributed by atoms with van der Waals surface area (Å²) < 4.78 is 25.6. The first-order valence-corrected chi connectivity index (χ1v) is 8.85. The van der Waals surface area contributed by atoms with Gasteiger partial charge in [0, 0.05) is 13.5 Å². The third kappa shape index (κ3) is 3.19. The number of fused-ring (bicyclic) bond motifs is 1. The molecule has 1 saturated heterocycles. The third-order valence-electron chi connectivity index (χ3n) is 4.11. The zero-order valence-electron chi connectivity index (χ0n) is 13.4. The van der Waals surface area contributed by atoms with Crippen LogP contribution in [0.5, 0.6) is 0 Å². The highest BCUT2D eigenvalue weighted by Gasteiger charge is 2.43. The number of aromatic amines is 1. The smallest absolute Gasteiger partial charge is 0.394 e. The number of hydrogen-bond acceptors (Lipinski definition) is 6. The van der Waals surface area contributed by atoms with E-state index in [0.29, 0.717) is 0 Å². The molecular formula is C12H18N4O8P+. The van der Waals surface area contributed by atoms with Gasteiger partial charge in [0.05, 0.1) is 13.7 Å². The zero-order valence-corrected chi connectivity index (χ0v) is 14.3. The maximum atomic E-state index is 12.1. The normalized spacial score (nSPS) is 24.3. The van der Waals surface area contributed by atoms with Gasteiger partial charge in [0.2, 0.25) is 12.6 Å². The van der Waals surface area contributed by atoms with Crippen LogP contribution in [0.3, 0.4) is 0 Å². The summed E-state index contributed by atoms with van der Waals surface area (Å²) in [7, 11) is -1.68. The Morgan fingerprint density at radius 2 is 2.16 bits per heavy atom. The standard InChI is InChI=1S/C12H17N4O8P/c1-14-5-16(11-9(14)10(18)13-12(19)15(11)2)8-3-6(7(4-17)23-8)24-25(20,21)22/h5-8,17H,3-4H2,1-2H3,(H2-,13,18,19,20,21,22)/p+1/t6-,7+,8+/m0/s1. The van der Waals surface area contributed by atoms with E-state index in [2.05, 4.69) is 9.51 Å². The number of aryl methyl sites for hydroxylation is 2. The molecule has 12 nitrogen and oxygen atoms in total. The lowest BCUT2D eigenvalue weighted by Crippen LogP contribution is -2.36. The van der Waals surface area contributed by atoms with Crippen LogP contribution in [0.25, 0.3) is 11.2 Å². The van der Waals surface area contributed by atoms with Gasteiger partial charge in [-0.3, -0.25) is 18.9 Å². The largest absolute Gasteiger partial charge is 0.469 e. The first-order valence-electron chi connectivity index (χ1n) is 7.32. The molecule has 0 unspecified atom stereocenters. The molecule has 3 rings (SSSR count). The number of H-pyrrole nitrogens is 1. The van der Waals surface area contributed by atoms with Gasteiger partial charge in [-0.05, 0) is 0 Å². The third-order valence-corrected chi connectivity index (χ3v) is 4.65. The Morgan fingerprint density at radius 3 is 2.76 bits per heavy atom. The number of ether oxygens (including phenoxy) is 1. The van der Waals surface area contributed by atoms with Crippen LogP contribution < -0.4 is 15.8 Å². The minimum atomic E-state index is -4.77. The first-order chi connectivity index (χ1) is 11.6. The minimum Gasteiger partial charge on any atom is -0.394 e. The average molecular weight is 377 g/mol. The van der Waals surface area contributed by atoms with Crippen molar-refractivity contribution in [2.75, 3.05) is 6.61 Å². The number of phosphoric acid groups is 1. The van der Waals surface area contributed by atoms with Crippen molar-refractivity contribution in [1.29, 1.82) is 0 Å². The lowest BCUT2D eigenvalue weighted by atomic mass is 10.2. The Balaban J connectivity index is 2.07. The molecule has 0 bridgehead atoms. The van der Waals surface area contributed by atoms with Gasteiger partial charge >= 0.3 is 19.1 Å². The predicted octanol–water partition coefficient (Wildman–Crippen LogP) is -2.39. The molecule has 1 aliphatic rings. The lowest BCUT2D eigenvalue weighted by molar-refractivity contribution is -0.646. The van der Waals surface area contributed by atoms with Gasteiger partial charge in [0.1, 0.15) is 12.2 Å². The van der Waals surface area contributed by atoms with Crippen molar-refractivity contribution < 1.29 is 33.3 Å². The van der Waals surface area contributed by atoms with E-state index < -0.39 is 44.1 Å². The molecule has 0 radical (unpaired) electrons. The first kappa shape index (κ1) is 18.0. The molecule has 4 N–H and O–H groups in total. The summed E-state index contributed by atoms with van der Waals surface area (Å²) in [6.07, 6.45) is -1.25. The molecular weight excluding hydrogens is 359 g/mol. The van der Waals surface area contributed by atoms with E-state index in [9.17, 15) is 19.3 Å². The van der Waals surface area contributed by atoms with Gasteiger partial charge in [-0.2, -0.15) is 4.57 Å². The molecule has 3 atom stereocenters. The maximum absolute atomic E-state index is 12.1. The quantitative estimate of drug-likeness (QED) is 0.339. The monoisotopic (exact) mass is 377 g/mol. The highest BCUT2D eigenvalue weighted by Crippen LogP contribution is 2.43. The summed E-state index contributed by atoms with van der Waals surface area (Å²) in [6, 6.07) is 0. The summed E-state index contributed by atoms with van der Waals surface area (Å²) >= 11 is 0. The number of hydrogen-bond donors (Lipinski definition) is 4. The molecule has 0 saturated carbocycles. The van der Waals surface area contributed by atoms with Crippen molar-refractivity contribution in [1.82, 2.24) is 14.1 Å². The number of nitrogens with one attached hydrogen (secondary N) is 1. The highest BCUT2D eigenvalue weighted by atomic mass is 31.2. The number of aliphatic hydroxyl groups is 1. The fourth-order valence-corrected chi connectivity index (χ4v) is 3.62. The second-order valence-electron chi connectivity index (χ2n) is 5.81. The number of rotatable bonds is 4. The summed E-state index contributed by atoms with van der Waals surface area (Å²) in [4.78, 5) is 44.1. The second-order valence-corrected chi connectivity index (χ2v) is 7.00. The Bertz CT molecular complexity index is 972. The predicted molar refractivity (Wildman–Crippen MR) is 81.5 cm³/mol. The van der Waals surface area contributed by atoms with E-state index >= 15 is 0 Å². The Kier molecular flexibility index (Phi) is 4.43. The fraction of sp³-hybridized carbons (Fsp3) is 0.583. The number of aromatic nitrogens is 4. The van der Waals surface area contributed by atoms with Crippen LogP contribution in [0.1, 0.15) is 12.6 Å². The topological polar surface area (TPSA) is 160 Å². The summed E-state index contributed by atoms with van der Waals surface area (Å²) in [6.45, 7) is -0.508. The van der Waals surface area contributed by atoms with Crippen LogP contribution in [0.2, 0.25) is 0 Å². The molecule has 3 heterocycles. The molecule has 0 aromatic carbocycles. The fourth-order valence-electron chi connectivity index (χ4n) is 3.04. The molecule has 1 aliphatic heterocycles. The highest BCUT2D eigenvalue weighted by molar-refractivity contribution is 7.46. The number of imidazole rings is 1. The lowest BCUT2D eigenvalue weighted by Gasteiger charge is -2.16. The van der Waals surface area contributed by atoms with Crippen molar-refractivity contribution in [3.8, 4) is 0 Å². The van der Waals surface area contributed by atoms with E-state index in [1.807, 2.05) is 0 Å². The number of nitrogens with zero attached hydrogens (tertiary/aromatic N) is 3.